The van der Waals surface area contributed by atoms with Crippen molar-refractivity contribution in [3.05, 3.63) is 29.8 Å². The Hall–Kier alpha value is -2.04. The second kappa shape index (κ2) is 6.52. The lowest BCUT2D eigenvalue weighted by Crippen LogP contribution is -2.18. The largest absolute Gasteiger partial charge is 0.494 e. The maximum Gasteiger partial charge on any atom is 0.146 e. The van der Waals surface area contributed by atoms with E-state index in [9.17, 15) is 4.79 Å². The molecule has 0 spiro atoms. The number of para-hydroxylation sites is 1. The Kier molecular flexibility index (Phi) is 5.00. The fourth-order valence-electron chi connectivity index (χ4n) is 1.46. The molecule has 0 radical (unpaired) electrons. The highest BCUT2D eigenvalue weighted by molar-refractivity contribution is 6.00. The summed E-state index contributed by atoms with van der Waals surface area (Å²) in [4.78, 5) is 11.6. The number of carbonyl (C=O) groups is 1. The molecule has 17 heavy (non-hydrogen) atoms. The molecule has 0 amide bonds. The van der Waals surface area contributed by atoms with Crippen molar-refractivity contribution in [2.45, 2.75) is 19.8 Å². The molecule has 0 atom stereocenters. The summed E-state index contributed by atoms with van der Waals surface area (Å²) in [5.41, 5.74) is 6.08. The Balaban J connectivity index is 2.70. The number of Topliss-reactive ketones (excluding diaryl/α,β-unsaturated/α-hetero) is 1. The van der Waals surface area contributed by atoms with E-state index in [2.05, 4.69) is 5.16 Å². The van der Waals surface area contributed by atoms with Gasteiger partial charge in [0.15, 0.2) is 0 Å². The molecule has 0 aliphatic heterocycles. The van der Waals surface area contributed by atoms with Gasteiger partial charge in [-0.15, -0.1) is 0 Å². The zero-order chi connectivity index (χ0) is 12.7. The van der Waals surface area contributed by atoms with Gasteiger partial charge in [-0.25, -0.2) is 0 Å². The van der Waals surface area contributed by atoms with E-state index < -0.39 is 0 Å². The molecule has 0 fully saturated rings. The van der Waals surface area contributed by atoms with E-state index in [1.807, 2.05) is 31.2 Å². The third-order valence-electron chi connectivity index (χ3n) is 2.17. The van der Waals surface area contributed by atoms with Gasteiger partial charge < -0.3 is 15.7 Å². The minimum atomic E-state index is -0.118. The molecule has 0 unspecified atom stereocenters. The quantitative estimate of drug-likeness (QED) is 0.338. The van der Waals surface area contributed by atoms with Gasteiger partial charge in [0.05, 0.1) is 13.0 Å². The predicted molar refractivity (Wildman–Crippen MR) is 64.3 cm³/mol. The molecular formula is C12H16N2O3. The van der Waals surface area contributed by atoms with Crippen molar-refractivity contribution in [3.8, 4) is 5.75 Å². The number of ketones is 1. The number of benzene rings is 1. The Labute approximate surface area is 99.9 Å². The lowest BCUT2D eigenvalue weighted by Gasteiger charge is -2.08. The molecule has 0 saturated carbocycles. The number of ether oxygens (including phenoxy) is 1. The zero-order valence-corrected chi connectivity index (χ0v) is 9.72. The number of carbonyl (C=O) groups excluding carboxylic acids is 1. The average Bonchev–Trinajstić information content (AvgIpc) is 2.31. The van der Waals surface area contributed by atoms with Crippen LogP contribution in [0.15, 0.2) is 29.4 Å². The van der Waals surface area contributed by atoms with E-state index in [1.165, 1.54) is 0 Å². The van der Waals surface area contributed by atoms with Crippen LogP contribution in [-0.4, -0.2) is 23.4 Å². The fourth-order valence-corrected chi connectivity index (χ4v) is 1.46. The molecule has 0 bridgehead atoms. The molecule has 1 aromatic carbocycles. The second-order valence-corrected chi connectivity index (χ2v) is 3.52. The van der Waals surface area contributed by atoms with Crippen LogP contribution < -0.4 is 10.5 Å². The summed E-state index contributed by atoms with van der Waals surface area (Å²) in [6.07, 6.45) is 0.156. The smallest absolute Gasteiger partial charge is 0.146 e. The Morgan fingerprint density at radius 3 is 2.82 bits per heavy atom. The normalized spacial score (nSPS) is 11.2. The minimum absolute atomic E-state index is 0.0586. The molecule has 1 rings (SSSR count). The zero-order valence-electron chi connectivity index (χ0n) is 9.72. The molecule has 0 aliphatic carbocycles. The summed E-state index contributed by atoms with van der Waals surface area (Å²) in [7, 11) is 0. The van der Waals surface area contributed by atoms with Gasteiger partial charge in [0.25, 0.3) is 0 Å². The van der Waals surface area contributed by atoms with Gasteiger partial charge in [0.2, 0.25) is 0 Å². The van der Waals surface area contributed by atoms with Gasteiger partial charge in [-0.1, -0.05) is 23.4 Å². The summed E-state index contributed by atoms with van der Waals surface area (Å²) in [6, 6.07) is 7.34. The van der Waals surface area contributed by atoms with Gasteiger partial charge in [-0.2, -0.15) is 0 Å². The van der Waals surface area contributed by atoms with Crippen LogP contribution in [0.25, 0.3) is 0 Å². The highest BCUT2D eigenvalue weighted by atomic mass is 16.5. The molecule has 0 heterocycles. The number of oxime groups is 1. The van der Waals surface area contributed by atoms with E-state index in [0.717, 1.165) is 5.56 Å². The van der Waals surface area contributed by atoms with Crippen molar-refractivity contribution >= 4 is 11.6 Å². The molecule has 1 aromatic rings. The van der Waals surface area contributed by atoms with E-state index in [4.69, 9.17) is 15.7 Å². The van der Waals surface area contributed by atoms with Crippen molar-refractivity contribution in [1.29, 1.82) is 0 Å². The predicted octanol–water partition coefficient (Wildman–Crippen LogP) is 1.33. The van der Waals surface area contributed by atoms with Crippen LogP contribution in [0.3, 0.4) is 0 Å². The highest BCUT2D eigenvalue weighted by Gasteiger charge is 2.10. The summed E-state index contributed by atoms with van der Waals surface area (Å²) < 4.78 is 5.41. The van der Waals surface area contributed by atoms with Gasteiger partial charge >= 0.3 is 0 Å². The van der Waals surface area contributed by atoms with Crippen LogP contribution >= 0.6 is 0 Å². The summed E-state index contributed by atoms with van der Waals surface area (Å²) in [6.45, 7) is 2.43. The van der Waals surface area contributed by atoms with Crippen LogP contribution in [0.2, 0.25) is 0 Å². The van der Waals surface area contributed by atoms with E-state index in [-0.39, 0.29) is 24.5 Å². The Bertz CT molecular complexity index is 416. The van der Waals surface area contributed by atoms with Crippen LogP contribution in [0.4, 0.5) is 0 Å². The highest BCUT2D eigenvalue weighted by Crippen LogP contribution is 2.18. The van der Waals surface area contributed by atoms with Gasteiger partial charge in [0, 0.05) is 12.0 Å². The first-order valence-corrected chi connectivity index (χ1v) is 5.36. The van der Waals surface area contributed by atoms with Crippen molar-refractivity contribution in [2.24, 2.45) is 10.9 Å². The fraction of sp³-hybridized carbons (Fsp3) is 0.333. The number of nitrogens with zero attached hydrogens (tertiary/aromatic N) is 1. The molecule has 3 N–H and O–H groups in total. The topological polar surface area (TPSA) is 84.9 Å². The maximum absolute atomic E-state index is 11.6. The summed E-state index contributed by atoms with van der Waals surface area (Å²) >= 11 is 0. The first-order valence-electron chi connectivity index (χ1n) is 5.36. The molecule has 0 aromatic heterocycles. The molecule has 0 aliphatic rings. The molecule has 92 valence electrons. The molecule has 5 nitrogen and oxygen atoms in total. The van der Waals surface area contributed by atoms with Crippen molar-refractivity contribution in [3.63, 3.8) is 0 Å². The third-order valence-corrected chi connectivity index (χ3v) is 2.17. The van der Waals surface area contributed by atoms with Gasteiger partial charge in [-0.3, -0.25) is 4.79 Å². The molecular weight excluding hydrogens is 220 g/mol. The van der Waals surface area contributed by atoms with Crippen molar-refractivity contribution in [2.75, 3.05) is 6.61 Å². The minimum Gasteiger partial charge on any atom is -0.494 e. The van der Waals surface area contributed by atoms with E-state index in [1.54, 1.807) is 0 Å². The average molecular weight is 236 g/mol. The number of hydrogen-bond donors (Lipinski definition) is 2. The molecule has 5 heteroatoms. The van der Waals surface area contributed by atoms with Crippen LogP contribution in [0, 0.1) is 0 Å². The number of nitrogens with two attached hydrogens (primary N) is 1. The Morgan fingerprint density at radius 2 is 2.18 bits per heavy atom. The van der Waals surface area contributed by atoms with E-state index >= 15 is 0 Å². The monoisotopic (exact) mass is 236 g/mol. The van der Waals surface area contributed by atoms with Crippen LogP contribution in [0.1, 0.15) is 18.9 Å². The third kappa shape index (κ3) is 4.14. The number of hydrogen-bond acceptors (Lipinski definition) is 4. The lowest BCUT2D eigenvalue weighted by molar-refractivity contribution is -0.117. The lowest BCUT2D eigenvalue weighted by atomic mass is 10.1. The van der Waals surface area contributed by atoms with E-state index in [0.29, 0.717) is 12.4 Å². The van der Waals surface area contributed by atoms with Gasteiger partial charge in [-0.05, 0) is 13.0 Å². The SMILES string of the molecule is CCOc1ccccc1CC(=O)C/C(N)=N/O. The van der Waals surface area contributed by atoms with Crippen molar-refractivity contribution in [1.82, 2.24) is 0 Å². The van der Waals surface area contributed by atoms with Crippen molar-refractivity contribution < 1.29 is 14.7 Å². The van der Waals surface area contributed by atoms with Crippen LogP contribution in [0.5, 0.6) is 5.75 Å². The maximum atomic E-state index is 11.6. The summed E-state index contributed by atoms with van der Waals surface area (Å²) in [5, 5.41) is 11.1. The van der Waals surface area contributed by atoms with Gasteiger partial charge in [0.1, 0.15) is 17.4 Å². The second-order valence-electron chi connectivity index (χ2n) is 3.52. The Morgan fingerprint density at radius 1 is 1.47 bits per heavy atom. The number of rotatable bonds is 6. The number of amidine groups is 1. The summed E-state index contributed by atoms with van der Waals surface area (Å²) in [5.74, 6) is 0.499. The molecule has 0 saturated heterocycles. The first kappa shape index (κ1) is 13.0. The first-order chi connectivity index (χ1) is 8.17. The standard InChI is InChI=1S/C12H16N2O3/c1-2-17-11-6-4-3-5-9(11)7-10(15)8-12(13)14-16/h3-6,16H,2,7-8H2,1H3,(H2,13,14). The van der Waals surface area contributed by atoms with Crippen LogP contribution in [-0.2, 0) is 11.2 Å².